The van der Waals surface area contributed by atoms with E-state index in [1.54, 1.807) is 6.92 Å². The summed E-state index contributed by atoms with van der Waals surface area (Å²) in [4.78, 5) is 36.4. The lowest BCUT2D eigenvalue weighted by Gasteiger charge is -2.02. The smallest absolute Gasteiger partial charge is 0.355 e. The van der Waals surface area contributed by atoms with Crippen molar-refractivity contribution in [3.63, 3.8) is 0 Å². The topological polar surface area (TPSA) is 106 Å². The fourth-order valence-corrected chi connectivity index (χ4v) is 1.59. The molecule has 0 aliphatic carbocycles. The van der Waals surface area contributed by atoms with E-state index in [0.717, 1.165) is 7.11 Å². The highest BCUT2D eigenvalue weighted by molar-refractivity contribution is 6.03. The first-order valence-corrected chi connectivity index (χ1v) is 5.02. The highest BCUT2D eigenvalue weighted by Crippen LogP contribution is 2.20. The van der Waals surface area contributed by atoms with E-state index in [4.69, 9.17) is 5.11 Å². The molecule has 2 N–H and O–H groups in total. The van der Waals surface area contributed by atoms with Crippen LogP contribution in [0.1, 0.15) is 32.1 Å². The summed E-state index contributed by atoms with van der Waals surface area (Å²) in [6.07, 6.45) is -0.225. The van der Waals surface area contributed by atoms with Crippen LogP contribution in [0.25, 0.3) is 0 Å². The number of aromatic amines is 1. The van der Waals surface area contributed by atoms with Gasteiger partial charge in [-0.05, 0) is 12.5 Å². The number of aryl methyl sites for hydroxylation is 1. The van der Waals surface area contributed by atoms with E-state index in [0.29, 0.717) is 5.69 Å². The average Bonchev–Trinajstić information content (AvgIpc) is 2.65. The molecule has 7 nitrogen and oxygen atoms in total. The van der Waals surface area contributed by atoms with Gasteiger partial charge < -0.3 is 19.6 Å². The minimum absolute atomic E-state index is 0.179. The number of ether oxygens (including phenoxy) is 2. The summed E-state index contributed by atoms with van der Waals surface area (Å²) in [7, 11) is 2.34. The maximum atomic E-state index is 11.4. The van der Waals surface area contributed by atoms with Crippen molar-refractivity contribution in [1.29, 1.82) is 0 Å². The zero-order chi connectivity index (χ0) is 13.9. The number of carboxylic acid groups (broad SMARTS) is 1. The molecule has 0 amide bonds. The van der Waals surface area contributed by atoms with Crippen molar-refractivity contribution in [2.75, 3.05) is 14.2 Å². The summed E-state index contributed by atoms with van der Waals surface area (Å²) < 4.78 is 8.96. The molecule has 0 spiro atoms. The fourth-order valence-electron chi connectivity index (χ4n) is 1.59. The molecular formula is C11H13NO6. The molecule has 0 radical (unpaired) electrons. The third kappa shape index (κ3) is 2.50. The molecule has 0 aliphatic rings. The van der Waals surface area contributed by atoms with E-state index in [-0.39, 0.29) is 23.2 Å². The Bertz CT molecular complexity index is 502. The number of carboxylic acids is 1. The maximum absolute atomic E-state index is 11.4. The number of aromatic nitrogens is 1. The Kier molecular flexibility index (Phi) is 4.09. The predicted octanol–water partition coefficient (Wildman–Crippen LogP) is 0.523. The number of methoxy groups -OCH3 is 2. The SMILES string of the molecule is COC(=O)Cc1c(C)[nH]c(C(=O)OC)c1C(=O)O. The Morgan fingerprint density at radius 2 is 1.83 bits per heavy atom. The first-order valence-electron chi connectivity index (χ1n) is 5.02. The number of hydrogen-bond acceptors (Lipinski definition) is 5. The van der Waals surface area contributed by atoms with Gasteiger partial charge in [0.25, 0.3) is 0 Å². The van der Waals surface area contributed by atoms with Gasteiger partial charge in [-0.1, -0.05) is 0 Å². The number of aromatic carboxylic acids is 1. The van der Waals surface area contributed by atoms with Crippen molar-refractivity contribution >= 4 is 17.9 Å². The van der Waals surface area contributed by atoms with E-state index < -0.39 is 17.9 Å². The Labute approximate surface area is 103 Å². The molecule has 0 aromatic carbocycles. The van der Waals surface area contributed by atoms with E-state index in [1.807, 2.05) is 0 Å². The highest BCUT2D eigenvalue weighted by atomic mass is 16.5. The number of H-pyrrole nitrogens is 1. The average molecular weight is 255 g/mol. The number of carbonyl (C=O) groups is 3. The normalized spacial score (nSPS) is 9.94. The number of rotatable bonds is 4. The molecule has 98 valence electrons. The molecule has 7 heteroatoms. The van der Waals surface area contributed by atoms with E-state index in [9.17, 15) is 14.4 Å². The van der Waals surface area contributed by atoms with Crippen molar-refractivity contribution in [2.45, 2.75) is 13.3 Å². The quantitative estimate of drug-likeness (QED) is 0.760. The summed E-state index contributed by atoms with van der Waals surface area (Å²) in [6.45, 7) is 1.57. The zero-order valence-corrected chi connectivity index (χ0v) is 10.2. The summed E-state index contributed by atoms with van der Waals surface area (Å²) in [5.41, 5.74) is 0.194. The van der Waals surface area contributed by atoms with Crippen molar-refractivity contribution in [1.82, 2.24) is 4.98 Å². The molecule has 1 aromatic heterocycles. The molecule has 0 aliphatic heterocycles. The number of nitrogens with one attached hydrogen (secondary N) is 1. The van der Waals surface area contributed by atoms with Gasteiger partial charge in [-0.2, -0.15) is 0 Å². The molecule has 1 aromatic rings. The van der Waals surface area contributed by atoms with E-state index >= 15 is 0 Å². The van der Waals surface area contributed by atoms with Gasteiger partial charge in [0.1, 0.15) is 5.69 Å². The van der Waals surface area contributed by atoms with Crippen LogP contribution in [0.15, 0.2) is 0 Å². The third-order valence-corrected chi connectivity index (χ3v) is 2.47. The molecule has 18 heavy (non-hydrogen) atoms. The molecule has 0 saturated carbocycles. The summed E-state index contributed by atoms with van der Waals surface area (Å²) in [5, 5.41) is 9.11. The zero-order valence-electron chi connectivity index (χ0n) is 10.2. The molecule has 1 rings (SSSR count). The van der Waals surface area contributed by atoms with Gasteiger partial charge in [-0.3, -0.25) is 4.79 Å². The first kappa shape index (κ1) is 13.8. The molecule has 1 heterocycles. The number of hydrogen-bond donors (Lipinski definition) is 2. The molecule has 0 unspecified atom stereocenters. The Balaban J connectivity index is 3.33. The number of carbonyl (C=O) groups excluding carboxylic acids is 2. The van der Waals surface area contributed by atoms with Gasteiger partial charge >= 0.3 is 17.9 Å². The van der Waals surface area contributed by atoms with Crippen molar-refractivity contribution in [2.24, 2.45) is 0 Å². The van der Waals surface area contributed by atoms with Crippen molar-refractivity contribution < 1.29 is 29.0 Å². The standard InChI is InChI=1S/C11H13NO6/c1-5-6(4-7(13)17-2)8(10(14)15)9(12-5)11(16)18-3/h12H,4H2,1-3H3,(H,14,15). The Morgan fingerprint density at radius 1 is 1.22 bits per heavy atom. The van der Waals surface area contributed by atoms with Gasteiger partial charge in [-0.25, -0.2) is 9.59 Å². The fraction of sp³-hybridized carbons (Fsp3) is 0.364. The van der Waals surface area contributed by atoms with Gasteiger partial charge in [0.2, 0.25) is 0 Å². The van der Waals surface area contributed by atoms with E-state index in [2.05, 4.69) is 14.5 Å². The van der Waals surface area contributed by atoms with Crippen LogP contribution in [0.3, 0.4) is 0 Å². The second kappa shape index (κ2) is 5.35. The first-order chi connectivity index (χ1) is 8.42. The van der Waals surface area contributed by atoms with Crippen molar-refractivity contribution in [3.05, 3.63) is 22.5 Å². The minimum Gasteiger partial charge on any atom is -0.478 e. The second-order valence-corrected chi connectivity index (χ2v) is 3.53. The van der Waals surface area contributed by atoms with Crippen LogP contribution >= 0.6 is 0 Å². The van der Waals surface area contributed by atoms with Crippen LogP contribution in [0, 0.1) is 6.92 Å². The Morgan fingerprint density at radius 3 is 2.28 bits per heavy atom. The predicted molar refractivity (Wildman–Crippen MR) is 59.5 cm³/mol. The largest absolute Gasteiger partial charge is 0.478 e. The van der Waals surface area contributed by atoms with Crippen LogP contribution in [0.4, 0.5) is 0 Å². The molecule has 0 saturated heterocycles. The second-order valence-electron chi connectivity index (χ2n) is 3.53. The van der Waals surface area contributed by atoms with Crippen molar-refractivity contribution in [3.8, 4) is 0 Å². The molecule has 0 atom stereocenters. The van der Waals surface area contributed by atoms with Crippen LogP contribution in [0.5, 0.6) is 0 Å². The number of esters is 2. The third-order valence-electron chi connectivity index (χ3n) is 2.47. The van der Waals surface area contributed by atoms with Crippen LogP contribution < -0.4 is 0 Å². The lowest BCUT2D eigenvalue weighted by atomic mass is 10.1. The lowest BCUT2D eigenvalue weighted by molar-refractivity contribution is -0.139. The Hall–Kier alpha value is -2.31. The van der Waals surface area contributed by atoms with Crippen LogP contribution in [-0.2, 0) is 20.7 Å². The summed E-state index contributed by atoms with van der Waals surface area (Å²) in [6, 6.07) is 0. The van der Waals surface area contributed by atoms with Crippen LogP contribution in [0.2, 0.25) is 0 Å². The van der Waals surface area contributed by atoms with Gasteiger partial charge in [0.15, 0.2) is 0 Å². The highest BCUT2D eigenvalue weighted by Gasteiger charge is 2.27. The van der Waals surface area contributed by atoms with Gasteiger partial charge in [0, 0.05) is 5.69 Å². The maximum Gasteiger partial charge on any atom is 0.355 e. The molecule has 0 bridgehead atoms. The van der Waals surface area contributed by atoms with Gasteiger partial charge in [0.05, 0.1) is 26.2 Å². The minimum atomic E-state index is -1.31. The molecular weight excluding hydrogens is 242 g/mol. The molecule has 0 fully saturated rings. The van der Waals surface area contributed by atoms with Crippen LogP contribution in [-0.4, -0.2) is 42.2 Å². The summed E-state index contributed by atoms with van der Waals surface area (Å²) in [5.74, 6) is -2.69. The summed E-state index contributed by atoms with van der Waals surface area (Å²) >= 11 is 0. The van der Waals surface area contributed by atoms with Gasteiger partial charge in [-0.15, -0.1) is 0 Å². The van der Waals surface area contributed by atoms with E-state index in [1.165, 1.54) is 7.11 Å². The monoisotopic (exact) mass is 255 g/mol. The lowest BCUT2D eigenvalue weighted by Crippen LogP contribution is -2.12.